The Kier molecular flexibility index (Phi) is 4.09. The van der Waals surface area contributed by atoms with Gasteiger partial charge in [0.2, 0.25) is 5.91 Å². The van der Waals surface area contributed by atoms with Gasteiger partial charge in [-0.3, -0.25) is 9.48 Å². The highest BCUT2D eigenvalue weighted by molar-refractivity contribution is 5.94. The minimum absolute atomic E-state index is 0.226. The average Bonchev–Trinajstić information content (AvgIpc) is 2.66. The van der Waals surface area contributed by atoms with Gasteiger partial charge in [0.15, 0.2) is 0 Å². The second-order valence-corrected chi connectivity index (χ2v) is 3.81. The number of rotatable bonds is 4. The van der Waals surface area contributed by atoms with Gasteiger partial charge in [-0.1, -0.05) is 0 Å². The summed E-state index contributed by atoms with van der Waals surface area (Å²) < 4.78 is 1.75. The first-order valence-electron chi connectivity index (χ1n) is 5.08. The maximum absolute atomic E-state index is 11.5. The molecule has 1 rings (SSSR count). The number of nitrogens with zero attached hydrogens (tertiary/aromatic N) is 2. The molecule has 1 amide bonds. The Bertz CT molecular complexity index is 402. The van der Waals surface area contributed by atoms with Gasteiger partial charge < -0.3 is 11.1 Å². The zero-order valence-corrected chi connectivity index (χ0v) is 9.47. The number of nitrogens with one attached hydrogen (secondary N) is 1. The molecule has 16 heavy (non-hydrogen) atoms. The number of carbonyl (C=O) groups excluding carboxylic acids is 1. The molecule has 0 aliphatic heterocycles. The van der Waals surface area contributed by atoms with E-state index in [1.165, 1.54) is 0 Å². The van der Waals surface area contributed by atoms with E-state index in [0.717, 1.165) is 0 Å². The van der Waals surface area contributed by atoms with Crippen LogP contribution in [0.15, 0.2) is 12.4 Å². The lowest BCUT2D eigenvalue weighted by Crippen LogP contribution is -2.35. The molecule has 0 aromatic carbocycles. The second kappa shape index (κ2) is 5.33. The van der Waals surface area contributed by atoms with E-state index in [9.17, 15) is 4.79 Å². The minimum atomic E-state index is -0.674. The molecular weight excluding hydrogens is 204 g/mol. The molecule has 0 aliphatic rings. The van der Waals surface area contributed by atoms with E-state index in [0.29, 0.717) is 5.69 Å². The van der Waals surface area contributed by atoms with Crippen LogP contribution in [0.2, 0.25) is 0 Å². The molecule has 0 fully saturated rings. The molecule has 0 aliphatic carbocycles. The predicted molar refractivity (Wildman–Crippen MR) is 62.7 cm³/mol. The van der Waals surface area contributed by atoms with Crippen LogP contribution in [0.3, 0.4) is 0 Å². The highest BCUT2D eigenvalue weighted by Crippen LogP contribution is 2.10. The minimum Gasteiger partial charge on any atom is -0.322 e. The molecular formula is C11H16N4O. The van der Waals surface area contributed by atoms with E-state index < -0.39 is 6.04 Å². The Hall–Kier alpha value is -1.80. The highest BCUT2D eigenvalue weighted by Gasteiger charge is 2.13. The smallest absolute Gasteiger partial charge is 0.242 e. The lowest BCUT2D eigenvalue weighted by molar-refractivity contribution is -0.117. The Morgan fingerprint density at radius 3 is 2.94 bits per heavy atom. The molecule has 0 radical (unpaired) electrons. The number of anilines is 1. The van der Waals surface area contributed by atoms with Crippen molar-refractivity contribution >= 4 is 11.6 Å². The first-order chi connectivity index (χ1) is 7.54. The molecule has 1 aromatic heterocycles. The first-order valence-corrected chi connectivity index (χ1v) is 5.08. The van der Waals surface area contributed by atoms with Crippen molar-refractivity contribution in [3.63, 3.8) is 0 Å². The number of nitrogens with two attached hydrogens (primary N) is 1. The predicted octanol–water partition coefficient (Wildman–Crippen LogP) is 0.753. The van der Waals surface area contributed by atoms with E-state index in [2.05, 4.69) is 16.3 Å². The van der Waals surface area contributed by atoms with Gasteiger partial charge in [-0.15, -0.1) is 12.3 Å². The van der Waals surface area contributed by atoms with Crippen LogP contribution in [0.1, 0.15) is 26.3 Å². The fraction of sp³-hybridized carbons (Fsp3) is 0.455. The van der Waals surface area contributed by atoms with Crippen LogP contribution >= 0.6 is 0 Å². The van der Waals surface area contributed by atoms with Crippen molar-refractivity contribution < 1.29 is 4.79 Å². The number of terminal acetylenes is 1. The third-order valence-electron chi connectivity index (χ3n) is 2.07. The summed E-state index contributed by atoms with van der Waals surface area (Å²) in [6.45, 7) is 4.01. The molecule has 1 unspecified atom stereocenters. The molecule has 0 saturated heterocycles. The van der Waals surface area contributed by atoms with Crippen molar-refractivity contribution in [2.45, 2.75) is 32.4 Å². The standard InChI is InChI=1S/C11H16N4O/c1-4-5-10(12)11(16)14-9-6-13-15(7-9)8(2)3/h1,6-8,10H,5,12H2,2-3H3,(H,14,16). The van der Waals surface area contributed by atoms with E-state index in [1.807, 2.05) is 13.8 Å². The lowest BCUT2D eigenvalue weighted by atomic mass is 10.2. The number of carbonyl (C=O) groups is 1. The van der Waals surface area contributed by atoms with Crippen molar-refractivity contribution in [3.05, 3.63) is 12.4 Å². The summed E-state index contributed by atoms with van der Waals surface area (Å²) in [5.41, 5.74) is 6.19. The third-order valence-corrected chi connectivity index (χ3v) is 2.07. The average molecular weight is 220 g/mol. The van der Waals surface area contributed by atoms with Gasteiger partial charge in [0, 0.05) is 18.7 Å². The fourth-order valence-electron chi connectivity index (χ4n) is 1.14. The van der Waals surface area contributed by atoms with Gasteiger partial charge in [0.25, 0.3) is 0 Å². The first kappa shape index (κ1) is 12.3. The van der Waals surface area contributed by atoms with E-state index in [-0.39, 0.29) is 18.4 Å². The lowest BCUT2D eigenvalue weighted by Gasteiger charge is -2.07. The number of hydrogen-bond acceptors (Lipinski definition) is 3. The number of aromatic nitrogens is 2. The van der Waals surface area contributed by atoms with Crippen LogP contribution in [-0.4, -0.2) is 21.7 Å². The summed E-state index contributed by atoms with van der Waals surface area (Å²) in [6.07, 6.45) is 8.64. The quantitative estimate of drug-likeness (QED) is 0.735. The second-order valence-electron chi connectivity index (χ2n) is 3.81. The zero-order valence-electron chi connectivity index (χ0n) is 9.47. The Morgan fingerprint density at radius 1 is 1.75 bits per heavy atom. The molecule has 5 heteroatoms. The Balaban J connectivity index is 2.60. The maximum atomic E-state index is 11.5. The Morgan fingerprint density at radius 2 is 2.44 bits per heavy atom. The van der Waals surface area contributed by atoms with E-state index in [4.69, 9.17) is 12.2 Å². The van der Waals surface area contributed by atoms with Gasteiger partial charge in [-0.25, -0.2) is 0 Å². The largest absolute Gasteiger partial charge is 0.322 e. The van der Waals surface area contributed by atoms with Crippen LogP contribution in [0.5, 0.6) is 0 Å². The molecule has 3 N–H and O–H groups in total. The van der Waals surface area contributed by atoms with E-state index >= 15 is 0 Å². The molecule has 0 bridgehead atoms. The van der Waals surface area contributed by atoms with Gasteiger partial charge >= 0.3 is 0 Å². The van der Waals surface area contributed by atoms with Gasteiger partial charge in [-0.2, -0.15) is 5.10 Å². The monoisotopic (exact) mass is 220 g/mol. The molecule has 86 valence electrons. The fourth-order valence-corrected chi connectivity index (χ4v) is 1.14. The molecule has 1 atom stereocenters. The summed E-state index contributed by atoms with van der Waals surface area (Å²) in [7, 11) is 0. The van der Waals surface area contributed by atoms with E-state index in [1.54, 1.807) is 17.1 Å². The van der Waals surface area contributed by atoms with Crippen molar-refractivity contribution in [1.82, 2.24) is 9.78 Å². The molecule has 1 heterocycles. The van der Waals surface area contributed by atoms with Gasteiger partial charge in [-0.05, 0) is 13.8 Å². The molecule has 5 nitrogen and oxygen atoms in total. The topological polar surface area (TPSA) is 72.9 Å². The van der Waals surface area contributed by atoms with Crippen LogP contribution in [-0.2, 0) is 4.79 Å². The van der Waals surface area contributed by atoms with Crippen LogP contribution in [0.25, 0.3) is 0 Å². The van der Waals surface area contributed by atoms with Crippen LogP contribution in [0.4, 0.5) is 5.69 Å². The van der Waals surface area contributed by atoms with Crippen LogP contribution < -0.4 is 11.1 Å². The van der Waals surface area contributed by atoms with Crippen molar-refractivity contribution in [1.29, 1.82) is 0 Å². The summed E-state index contributed by atoms with van der Waals surface area (Å²) in [4.78, 5) is 11.5. The molecule has 1 aromatic rings. The van der Waals surface area contributed by atoms with Crippen molar-refractivity contribution in [2.75, 3.05) is 5.32 Å². The SMILES string of the molecule is C#CCC(N)C(=O)Nc1cnn(C(C)C)c1. The summed E-state index contributed by atoms with van der Waals surface area (Å²) >= 11 is 0. The zero-order chi connectivity index (χ0) is 12.1. The molecule has 0 spiro atoms. The summed E-state index contributed by atoms with van der Waals surface area (Å²) in [5.74, 6) is 2.06. The summed E-state index contributed by atoms with van der Waals surface area (Å²) in [5, 5.41) is 6.75. The maximum Gasteiger partial charge on any atom is 0.242 e. The molecule has 0 saturated carbocycles. The number of hydrogen-bond donors (Lipinski definition) is 2. The van der Waals surface area contributed by atoms with Gasteiger partial charge in [0.05, 0.1) is 17.9 Å². The van der Waals surface area contributed by atoms with Crippen molar-refractivity contribution in [2.24, 2.45) is 5.73 Å². The van der Waals surface area contributed by atoms with Gasteiger partial charge in [0.1, 0.15) is 0 Å². The summed E-state index contributed by atoms with van der Waals surface area (Å²) in [6, 6.07) is -0.419. The highest BCUT2D eigenvalue weighted by atomic mass is 16.2. The van der Waals surface area contributed by atoms with Crippen LogP contribution in [0, 0.1) is 12.3 Å². The Labute approximate surface area is 95.0 Å². The van der Waals surface area contributed by atoms with Crippen molar-refractivity contribution in [3.8, 4) is 12.3 Å². The normalized spacial score (nSPS) is 12.2. The third kappa shape index (κ3) is 3.11. The number of amides is 1.